The topological polar surface area (TPSA) is 13.1 Å². The summed E-state index contributed by atoms with van der Waals surface area (Å²) in [5.74, 6) is 0. The van der Waals surface area contributed by atoms with Crippen LogP contribution in [-0.2, 0) is 0 Å². The van der Waals surface area contributed by atoms with Crippen LogP contribution >= 0.6 is 0 Å². The van der Waals surface area contributed by atoms with Crippen molar-refractivity contribution in [1.29, 1.82) is 0 Å². The van der Waals surface area contributed by atoms with Crippen LogP contribution in [0.2, 0.25) is 0 Å². The highest BCUT2D eigenvalue weighted by Gasteiger charge is 2.22. The van der Waals surface area contributed by atoms with Crippen molar-refractivity contribution in [3.63, 3.8) is 0 Å². The second-order valence-corrected chi connectivity index (χ2v) is 16.8. The second-order valence-electron chi connectivity index (χ2n) is 16.8. The molecule has 0 fully saturated rings. The van der Waals surface area contributed by atoms with Crippen molar-refractivity contribution in [3.8, 4) is 44.5 Å². The van der Waals surface area contributed by atoms with Gasteiger partial charge in [0.05, 0.1) is 0 Å². The molecule has 1 nitrogen and oxygen atoms in total. The molecular weight excluding hydrogens is 737 g/mol. The Kier molecular flexibility index (Phi) is 6.62. The zero-order chi connectivity index (χ0) is 39.8. The summed E-state index contributed by atoms with van der Waals surface area (Å²) < 4.78 is 6.56. The maximum Gasteiger partial charge on any atom is 0.136 e. The Bertz CT molecular complexity index is 4060. The molecule has 1 aromatic heterocycles. The SMILES string of the molecule is c1ccc(-c2c(-c3ccc4oc5cc6ccccc6cc5c4c3)cc(-c3ccc4ccc5cccc6ccc3c4c56)cc2-c2ccc3ccc4cccc5ccc2c3c45)cc1. The van der Waals surface area contributed by atoms with E-state index in [2.05, 4.69) is 206 Å². The number of furan rings is 1. The van der Waals surface area contributed by atoms with Crippen molar-refractivity contribution in [3.05, 3.63) is 206 Å². The van der Waals surface area contributed by atoms with E-state index >= 15 is 0 Å². The molecule has 14 aromatic rings. The lowest BCUT2D eigenvalue weighted by Crippen LogP contribution is -1.95. The van der Waals surface area contributed by atoms with Crippen molar-refractivity contribution in [2.75, 3.05) is 0 Å². The highest BCUT2D eigenvalue weighted by Crippen LogP contribution is 2.49. The molecule has 0 bridgehead atoms. The van der Waals surface area contributed by atoms with Crippen molar-refractivity contribution in [1.82, 2.24) is 0 Å². The third-order valence-electron chi connectivity index (χ3n) is 13.5. The van der Waals surface area contributed by atoms with Crippen molar-refractivity contribution < 1.29 is 4.42 Å². The van der Waals surface area contributed by atoms with E-state index in [0.29, 0.717) is 0 Å². The van der Waals surface area contributed by atoms with Gasteiger partial charge >= 0.3 is 0 Å². The lowest BCUT2D eigenvalue weighted by atomic mass is 9.81. The van der Waals surface area contributed by atoms with E-state index in [9.17, 15) is 0 Å². The van der Waals surface area contributed by atoms with Gasteiger partial charge in [-0.2, -0.15) is 0 Å². The molecule has 0 atom stereocenters. The molecule has 0 saturated carbocycles. The second kappa shape index (κ2) is 12.3. The third kappa shape index (κ3) is 4.72. The molecular formula is C60H34O. The average Bonchev–Trinajstić information content (AvgIpc) is 3.68. The maximum atomic E-state index is 6.56. The number of hydrogen-bond acceptors (Lipinski definition) is 1. The fourth-order valence-electron chi connectivity index (χ4n) is 10.7. The number of rotatable bonds is 4. The summed E-state index contributed by atoms with van der Waals surface area (Å²) in [6, 6.07) is 76.8. The lowest BCUT2D eigenvalue weighted by molar-refractivity contribution is 0.669. The van der Waals surface area contributed by atoms with Gasteiger partial charge in [-0.25, -0.2) is 0 Å². The Hall–Kier alpha value is -8.00. The summed E-state index contributed by atoms with van der Waals surface area (Å²) in [6.45, 7) is 0. The number of fused-ring (bicyclic) bond motifs is 4. The first-order chi connectivity index (χ1) is 30.2. The van der Waals surface area contributed by atoms with Crippen molar-refractivity contribution in [2.24, 2.45) is 0 Å². The van der Waals surface area contributed by atoms with Gasteiger partial charge in [-0.15, -0.1) is 0 Å². The highest BCUT2D eigenvalue weighted by atomic mass is 16.3. The summed E-state index contributed by atoms with van der Waals surface area (Å²) in [4.78, 5) is 0. The molecule has 0 unspecified atom stereocenters. The van der Waals surface area contributed by atoms with Crippen LogP contribution in [0.4, 0.5) is 0 Å². The van der Waals surface area contributed by atoms with Gasteiger partial charge in [0, 0.05) is 10.8 Å². The van der Waals surface area contributed by atoms with E-state index in [0.717, 1.165) is 27.5 Å². The van der Waals surface area contributed by atoms with Crippen LogP contribution in [-0.4, -0.2) is 0 Å². The molecule has 61 heavy (non-hydrogen) atoms. The molecule has 0 spiro atoms. The van der Waals surface area contributed by atoms with Crippen LogP contribution in [0.15, 0.2) is 211 Å². The smallest absolute Gasteiger partial charge is 0.136 e. The summed E-state index contributed by atoms with van der Waals surface area (Å²) in [7, 11) is 0. The van der Waals surface area contributed by atoms with Gasteiger partial charge in [0.2, 0.25) is 0 Å². The minimum absolute atomic E-state index is 0.894. The average molecular weight is 771 g/mol. The van der Waals surface area contributed by atoms with Crippen LogP contribution in [0, 0.1) is 0 Å². The van der Waals surface area contributed by atoms with E-state index in [1.807, 2.05) is 0 Å². The molecule has 1 heterocycles. The molecule has 14 rings (SSSR count). The maximum absolute atomic E-state index is 6.56. The fourth-order valence-corrected chi connectivity index (χ4v) is 10.7. The Morgan fingerprint density at radius 3 is 1.41 bits per heavy atom. The Morgan fingerprint density at radius 2 is 0.738 bits per heavy atom. The van der Waals surface area contributed by atoms with E-state index in [1.54, 1.807) is 0 Å². The van der Waals surface area contributed by atoms with Gasteiger partial charge in [-0.05, 0) is 156 Å². The summed E-state index contributed by atoms with van der Waals surface area (Å²) in [5.41, 5.74) is 11.4. The van der Waals surface area contributed by atoms with Crippen LogP contribution < -0.4 is 0 Å². The largest absolute Gasteiger partial charge is 0.456 e. The molecule has 0 amide bonds. The van der Waals surface area contributed by atoms with Gasteiger partial charge < -0.3 is 4.42 Å². The van der Waals surface area contributed by atoms with E-state index < -0.39 is 0 Å². The highest BCUT2D eigenvalue weighted by molar-refractivity contribution is 6.28. The first kappa shape index (κ1) is 32.9. The quantitative estimate of drug-likeness (QED) is 0.162. The fraction of sp³-hybridized carbons (Fsp3) is 0. The van der Waals surface area contributed by atoms with E-state index in [-0.39, 0.29) is 0 Å². The standard InChI is InChI=1S/C60H34O/c1-2-8-35(9-3-1)58-50(44-24-29-54-51(31-44)52-30-42-10-4-5-11-43(42)34-55(52)61-54)32-45(46-25-20-40-18-16-36-12-6-14-38-22-27-48(46)59(40)56(36)38)33-53(58)47-26-21-41-19-17-37-13-7-15-39-23-28-49(47)60(41)57(37)39/h1-34H. The normalized spacial score (nSPS) is 12.3. The van der Waals surface area contributed by atoms with E-state index in [4.69, 9.17) is 4.42 Å². The Labute approximate surface area is 351 Å². The van der Waals surface area contributed by atoms with Crippen LogP contribution in [0.5, 0.6) is 0 Å². The lowest BCUT2D eigenvalue weighted by Gasteiger charge is -2.22. The van der Waals surface area contributed by atoms with Gasteiger partial charge in [0.25, 0.3) is 0 Å². The summed E-state index contributed by atoms with van der Waals surface area (Å²) in [6.07, 6.45) is 0. The Morgan fingerprint density at radius 1 is 0.230 bits per heavy atom. The van der Waals surface area contributed by atoms with Crippen LogP contribution in [0.25, 0.3) is 142 Å². The molecule has 0 radical (unpaired) electrons. The number of hydrogen-bond donors (Lipinski definition) is 0. The van der Waals surface area contributed by atoms with E-state index in [1.165, 1.54) is 114 Å². The van der Waals surface area contributed by atoms with Gasteiger partial charge in [0.15, 0.2) is 0 Å². The first-order valence-electron chi connectivity index (χ1n) is 21.1. The van der Waals surface area contributed by atoms with Crippen molar-refractivity contribution >= 4 is 97.3 Å². The molecule has 0 saturated heterocycles. The minimum Gasteiger partial charge on any atom is -0.456 e. The molecule has 13 aromatic carbocycles. The predicted molar refractivity (Wildman–Crippen MR) is 260 cm³/mol. The summed E-state index contributed by atoms with van der Waals surface area (Å²) >= 11 is 0. The molecule has 0 aliphatic rings. The van der Waals surface area contributed by atoms with Crippen LogP contribution in [0.1, 0.15) is 0 Å². The van der Waals surface area contributed by atoms with Gasteiger partial charge in [-0.3, -0.25) is 0 Å². The summed E-state index contributed by atoms with van der Waals surface area (Å²) in [5, 5.41) is 20.1. The Balaban J connectivity index is 1.13. The predicted octanol–water partition coefficient (Wildman–Crippen LogP) is 17.2. The van der Waals surface area contributed by atoms with Crippen LogP contribution in [0.3, 0.4) is 0 Å². The van der Waals surface area contributed by atoms with Gasteiger partial charge in [0.1, 0.15) is 11.2 Å². The molecule has 0 N–H and O–H groups in total. The molecule has 1 heteroatoms. The zero-order valence-corrected chi connectivity index (χ0v) is 33.0. The monoisotopic (exact) mass is 770 g/mol. The van der Waals surface area contributed by atoms with Gasteiger partial charge in [-0.1, -0.05) is 170 Å². The minimum atomic E-state index is 0.894. The molecule has 0 aliphatic carbocycles. The zero-order valence-electron chi connectivity index (χ0n) is 33.0. The first-order valence-corrected chi connectivity index (χ1v) is 21.1. The molecule has 280 valence electrons. The third-order valence-corrected chi connectivity index (χ3v) is 13.5. The van der Waals surface area contributed by atoms with Crippen molar-refractivity contribution in [2.45, 2.75) is 0 Å². The number of benzene rings is 13. The molecule has 0 aliphatic heterocycles.